The molecule has 0 aliphatic carbocycles. The fraction of sp³-hybridized carbons (Fsp3) is 0.444. The molecular formula is C18H24O5PS4+. The molecule has 154 valence electrons. The molecule has 0 radical (unpaired) electrons. The fourth-order valence-electron chi connectivity index (χ4n) is 2.47. The Morgan fingerprint density at radius 3 is 1.89 bits per heavy atom. The van der Waals surface area contributed by atoms with Crippen LogP contribution >= 0.6 is 17.5 Å². The summed E-state index contributed by atoms with van der Waals surface area (Å²) in [4.78, 5) is 2.39. The summed E-state index contributed by atoms with van der Waals surface area (Å²) < 4.78 is 41.1. The molecule has 28 heavy (non-hydrogen) atoms. The Labute approximate surface area is 182 Å². The molecule has 1 aliphatic rings. The monoisotopic (exact) mass is 479 g/mol. The molecule has 1 aliphatic heterocycles. The van der Waals surface area contributed by atoms with Gasteiger partial charge in [0.2, 0.25) is 0 Å². The summed E-state index contributed by atoms with van der Waals surface area (Å²) >= 11 is 10.1. The van der Waals surface area contributed by atoms with Crippen molar-refractivity contribution in [1.29, 1.82) is 0 Å². The molecular weight excluding hydrogens is 455 g/mol. The normalized spacial score (nSPS) is 13.2. The Balaban J connectivity index is 0.000000250. The standard InChI is InChI=1S/C10H14O3S.C8H10O2S.PS2/c1-3-8(2)9-4-6-10(7-5-9)14(11,12)13;1-5-7-8(6(2)11-5)10-4-3-9-7;2-1-3/h4-8H,3H2,1-2H3,(H,11,12,13);3-4H2,1-2H3;/q;;+1. The zero-order chi connectivity index (χ0) is 21.3. The molecule has 3 rings (SSSR count). The maximum absolute atomic E-state index is 10.7. The van der Waals surface area contributed by atoms with Crippen molar-refractivity contribution in [2.75, 3.05) is 13.2 Å². The molecule has 0 bridgehead atoms. The first-order valence-electron chi connectivity index (χ1n) is 8.53. The number of hydrogen-bond acceptors (Lipinski definition) is 7. The van der Waals surface area contributed by atoms with Crippen LogP contribution in [-0.2, 0) is 33.7 Å². The predicted molar refractivity (Wildman–Crippen MR) is 121 cm³/mol. The molecule has 0 saturated carbocycles. The summed E-state index contributed by atoms with van der Waals surface area (Å²) in [5.41, 5.74) is 1.08. The third-order valence-corrected chi connectivity index (χ3v) is 5.94. The van der Waals surface area contributed by atoms with E-state index >= 15 is 0 Å². The van der Waals surface area contributed by atoms with Crippen LogP contribution in [0, 0.1) is 13.8 Å². The Hall–Kier alpha value is -0.700. The molecule has 1 unspecified atom stereocenters. The first-order valence-corrected chi connectivity index (χ1v) is 13.7. The van der Waals surface area contributed by atoms with Crippen LogP contribution in [0.2, 0.25) is 0 Å². The van der Waals surface area contributed by atoms with Crippen molar-refractivity contribution >= 4 is 51.2 Å². The Morgan fingerprint density at radius 2 is 1.54 bits per heavy atom. The van der Waals surface area contributed by atoms with Gasteiger partial charge >= 0.3 is 29.7 Å². The summed E-state index contributed by atoms with van der Waals surface area (Å²) in [6, 6.07) is 6.32. The summed E-state index contributed by atoms with van der Waals surface area (Å²) in [6.07, 6.45) is 1.59. The van der Waals surface area contributed by atoms with Crippen molar-refractivity contribution < 1.29 is 22.4 Å². The number of hydrogen-bond donors (Lipinski definition) is 1. The van der Waals surface area contributed by atoms with Gasteiger partial charge in [0.15, 0.2) is 11.5 Å². The minimum absolute atomic E-state index is 0.0513. The van der Waals surface area contributed by atoms with E-state index in [1.54, 1.807) is 23.5 Å². The van der Waals surface area contributed by atoms with E-state index in [0.29, 0.717) is 25.3 Å². The fourth-order valence-corrected chi connectivity index (χ4v) is 3.90. The Kier molecular flexibility index (Phi) is 10.9. The van der Waals surface area contributed by atoms with Gasteiger partial charge in [0.05, 0.1) is 4.90 Å². The van der Waals surface area contributed by atoms with Crippen LogP contribution in [0.3, 0.4) is 0 Å². The van der Waals surface area contributed by atoms with Crippen LogP contribution in [0.25, 0.3) is 0 Å². The van der Waals surface area contributed by atoms with Gasteiger partial charge < -0.3 is 9.47 Å². The molecule has 10 heteroatoms. The van der Waals surface area contributed by atoms with Gasteiger partial charge in [-0.3, -0.25) is 4.55 Å². The maximum atomic E-state index is 10.7. The van der Waals surface area contributed by atoms with E-state index in [1.807, 2.05) is 0 Å². The molecule has 0 spiro atoms. The first-order chi connectivity index (χ1) is 13.1. The number of rotatable bonds is 3. The van der Waals surface area contributed by atoms with E-state index in [9.17, 15) is 8.42 Å². The topological polar surface area (TPSA) is 72.8 Å². The average Bonchev–Trinajstić information content (AvgIpc) is 2.96. The van der Waals surface area contributed by atoms with Crippen LogP contribution in [0.1, 0.15) is 41.5 Å². The van der Waals surface area contributed by atoms with Crippen LogP contribution < -0.4 is 9.47 Å². The van der Waals surface area contributed by atoms with E-state index < -0.39 is 10.1 Å². The van der Waals surface area contributed by atoms with E-state index in [1.165, 1.54) is 21.9 Å². The zero-order valence-electron chi connectivity index (χ0n) is 16.2. The van der Waals surface area contributed by atoms with Crippen molar-refractivity contribution in [3.63, 3.8) is 0 Å². The minimum atomic E-state index is -4.05. The van der Waals surface area contributed by atoms with Gasteiger partial charge in [0.1, 0.15) is 13.2 Å². The second-order valence-corrected chi connectivity index (χ2v) is 10.8. The van der Waals surface area contributed by atoms with Gasteiger partial charge in [-0.1, -0.05) is 26.0 Å². The quantitative estimate of drug-likeness (QED) is 0.464. The summed E-state index contributed by atoms with van der Waals surface area (Å²) in [5.74, 6) is 2.32. The molecule has 1 aromatic carbocycles. The molecule has 5 nitrogen and oxygen atoms in total. The van der Waals surface area contributed by atoms with E-state index in [0.717, 1.165) is 23.5 Å². The third-order valence-electron chi connectivity index (χ3n) is 4.09. The van der Waals surface area contributed by atoms with Crippen LogP contribution in [-0.4, -0.2) is 26.2 Å². The van der Waals surface area contributed by atoms with Gasteiger partial charge in [-0.15, -0.1) is 11.3 Å². The SMILES string of the molecule is CCC(C)c1ccc(S(=O)(=O)O)cc1.Cc1sc(C)c2c1OCCO2.S=[P+]=S. The molecule has 1 aromatic heterocycles. The summed E-state index contributed by atoms with van der Waals surface area (Å²) in [5, 5.41) is 0. The number of aryl methyl sites for hydroxylation is 2. The van der Waals surface area contributed by atoms with Crippen LogP contribution in [0.5, 0.6) is 11.5 Å². The second-order valence-electron chi connectivity index (χ2n) is 6.00. The van der Waals surface area contributed by atoms with Crippen molar-refractivity contribution in [2.45, 2.75) is 44.9 Å². The second kappa shape index (κ2) is 12.1. The third kappa shape index (κ3) is 7.61. The number of ether oxygens (including phenoxy) is 2. The van der Waals surface area contributed by atoms with Crippen LogP contribution in [0.15, 0.2) is 29.2 Å². The summed E-state index contributed by atoms with van der Waals surface area (Å²) in [7, 11) is -4.05. The van der Waals surface area contributed by atoms with Gasteiger partial charge in [-0.2, -0.15) is 8.42 Å². The Morgan fingerprint density at radius 1 is 1.11 bits per heavy atom. The molecule has 2 heterocycles. The molecule has 0 fully saturated rings. The number of fused-ring (bicyclic) bond motifs is 1. The average molecular weight is 480 g/mol. The van der Waals surface area contributed by atoms with Crippen molar-refractivity contribution in [1.82, 2.24) is 0 Å². The Bertz CT molecular complexity index is 874. The van der Waals surface area contributed by atoms with E-state index in [4.69, 9.17) is 14.0 Å². The molecule has 1 atom stereocenters. The predicted octanol–water partition coefficient (Wildman–Crippen LogP) is 5.44. The number of thiophene rings is 1. The molecule has 1 N–H and O–H groups in total. The van der Waals surface area contributed by atoms with Gasteiger partial charge in [0.25, 0.3) is 10.1 Å². The van der Waals surface area contributed by atoms with Crippen molar-refractivity contribution in [3.8, 4) is 11.5 Å². The van der Waals surface area contributed by atoms with Gasteiger partial charge in [-0.25, -0.2) is 0 Å². The zero-order valence-corrected chi connectivity index (χ0v) is 20.3. The summed E-state index contributed by atoms with van der Waals surface area (Å²) in [6.45, 7) is 9.63. The van der Waals surface area contributed by atoms with Crippen LogP contribution in [0.4, 0.5) is 0 Å². The van der Waals surface area contributed by atoms with Gasteiger partial charge in [-0.05, 0) is 43.9 Å². The van der Waals surface area contributed by atoms with E-state index in [-0.39, 0.29) is 4.90 Å². The van der Waals surface area contributed by atoms with Gasteiger partial charge in [0, 0.05) is 9.75 Å². The van der Waals surface area contributed by atoms with E-state index in [2.05, 4.69) is 51.3 Å². The van der Waals surface area contributed by atoms with Crippen molar-refractivity contribution in [3.05, 3.63) is 39.6 Å². The molecule has 2 aromatic rings. The number of benzene rings is 1. The first kappa shape index (κ1) is 25.3. The molecule has 0 amide bonds. The van der Waals surface area contributed by atoms with Crippen molar-refractivity contribution in [2.24, 2.45) is 0 Å². The molecule has 0 saturated heterocycles.